The summed E-state index contributed by atoms with van der Waals surface area (Å²) in [6, 6.07) is -0.163. The van der Waals surface area contributed by atoms with Crippen LogP contribution >= 0.6 is 11.3 Å². The number of hydrogen-bond acceptors (Lipinski definition) is 7. The molecule has 28 heavy (non-hydrogen) atoms. The number of aromatic nitrogens is 3. The molecule has 0 bridgehead atoms. The fraction of sp³-hybridized carbons (Fsp3) is 0.556. The average molecular weight is 407 g/mol. The molecule has 152 valence electrons. The van der Waals surface area contributed by atoms with E-state index in [2.05, 4.69) is 20.3 Å². The number of imidazole rings is 1. The molecule has 2 aromatic rings. The highest BCUT2D eigenvalue weighted by atomic mass is 32.1. The number of aromatic carboxylic acids is 1. The second kappa shape index (κ2) is 8.27. The van der Waals surface area contributed by atoms with Crippen molar-refractivity contribution in [2.45, 2.75) is 45.8 Å². The lowest BCUT2D eigenvalue weighted by Gasteiger charge is -2.37. The molecule has 1 amide bonds. The van der Waals surface area contributed by atoms with E-state index in [4.69, 9.17) is 4.74 Å². The monoisotopic (exact) mass is 407 g/mol. The predicted octanol–water partition coefficient (Wildman–Crippen LogP) is 1.77. The number of hydrogen-bond donors (Lipinski definition) is 3. The fourth-order valence-electron chi connectivity index (χ4n) is 3.40. The molecule has 2 aromatic heterocycles. The molecule has 3 rings (SSSR count). The number of carboxylic acid groups (broad SMARTS) is 1. The summed E-state index contributed by atoms with van der Waals surface area (Å²) in [6.45, 7) is 6.75. The third kappa shape index (κ3) is 4.02. The van der Waals surface area contributed by atoms with Gasteiger partial charge in [-0.1, -0.05) is 18.3 Å². The van der Waals surface area contributed by atoms with Crippen molar-refractivity contribution in [1.82, 2.24) is 20.3 Å². The van der Waals surface area contributed by atoms with Crippen LogP contribution in [0.3, 0.4) is 0 Å². The van der Waals surface area contributed by atoms with E-state index < -0.39 is 5.97 Å². The first kappa shape index (κ1) is 20.3. The van der Waals surface area contributed by atoms with Crippen LogP contribution in [0.2, 0.25) is 0 Å². The van der Waals surface area contributed by atoms with Crippen LogP contribution < -0.4 is 10.2 Å². The van der Waals surface area contributed by atoms with E-state index in [1.54, 1.807) is 14.0 Å². The van der Waals surface area contributed by atoms with Gasteiger partial charge in [0.1, 0.15) is 4.88 Å². The van der Waals surface area contributed by atoms with Crippen molar-refractivity contribution >= 4 is 28.3 Å². The maximum Gasteiger partial charge on any atom is 0.347 e. The van der Waals surface area contributed by atoms with Crippen LogP contribution in [-0.2, 0) is 11.2 Å². The number of ether oxygens (including phenoxy) is 1. The Morgan fingerprint density at radius 2 is 2.11 bits per heavy atom. The van der Waals surface area contributed by atoms with Gasteiger partial charge >= 0.3 is 5.97 Å². The van der Waals surface area contributed by atoms with Crippen LogP contribution in [0.25, 0.3) is 0 Å². The number of H-pyrrole nitrogens is 1. The number of methoxy groups -OCH3 is 1. The lowest BCUT2D eigenvalue weighted by molar-refractivity contribution is 0.0538. The minimum atomic E-state index is -0.966. The Labute approximate surface area is 167 Å². The van der Waals surface area contributed by atoms with Crippen molar-refractivity contribution in [2.75, 3.05) is 25.1 Å². The van der Waals surface area contributed by atoms with Crippen molar-refractivity contribution < 1.29 is 19.4 Å². The van der Waals surface area contributed by atoms with Gasteiger partial charge in [0.25, 0.3) is 5.91 Å². The number of carbonyl (C=O) groups excluding carboxylic acids is 1. The maximum atomic E-state index is 12.6. The summed E-state index contributed by atoms with van der Waals surface area (Å²) in [5.41, 5.74) is 2.30. The van der Waals surface area contributed by atoms with Gasteiger partial charge in [-0.2, -0.15) is 0 Å². The standard InChI is InChI=1S/C18H25N5O4S/c1-5-11-9(2)19-15(21-11)16(24)22-12-6-7-23(8-13(12)27-4)18-20-10(3)14(28-18)17(25)26/h12-13H,5-8H2,1-4H3,(H,19,21)(H,22,24)(H,25,26). The minimum absolute atomic E-state index is 0.163. The Hall–Kier alpha value is -2.46. The fourth-order valence-corrected chi connectivity index (χ4v) is 4.34. The van der Waals surface area contributed by atoms with Gasteiger partial charge in [0, 0.05) is 25.9 Å². The summed E-state index contributed by atoms with van der Waals surface area (Å²) >= 11 is 1.16. The highest BCUT2D eigenvalue weighted by Crippen LogP contribution is 2.29. The van der Waals surface area contributed by atoms with Crippen molar-refractivity contribution in [3.05, 3.63) is 27.8 Å². The molecule has 0 aliphatic carbocycles. The van der Waals surface area contributed by atoms with E-state index in [0.717, 1.165) is 29.1 Å². The Bertz CT molecular complexity index is 877. The van der Waals surface area contributed by atoms with Gasteiger partial charge in [-0.25, -0.2) is 14.8 Å². The van der Waals surface area contributed by atoms with Crippen LogP contribution in [0.1, 0.15) is 50.7 Å². The number of carbonyl (C=O) groups is 2. The third-order valence-electron chi connectivity index (χ3n) is 4.98. The topological polar surface area (TPSA) is 120 Å². The van der Waals surface area contributed by atoms with Gasteiger partial charge in [0.05, 0.1) is 23.5 Å². The first-order valence-corrected chi connectivity index (χ1v) is 10.0. The first-order valence-electron chi connectivity index (χ1n) is 9.18. The second-order valence-corrected chi connectivity index (χ2v) is 7.79. The highest BCUT2D eigenvalue weighted by molar-refractivity contribution is 7.17. The van der Waals surface area contributed by atoms with E-state index in [1.807, 2.05) is 18.7 Å². The van der Waals surface area contributed by atoms with Gasteiger partial charge in [-0.05, 0) is 26.7 Å². The smallest absolute Gasteiger partial charge is 0.347 e. The zero-order valence-corrected chi connectivity index (χ0v) is 17.2. The quantitative estimate of drug-likeness (QED) is 0.667. The van der Waals surface area contributed by atoms with E-state index in [9.17, 15) is 14.7 Å². The number of nitrogens with one attached hydrogen (secondary N) is 2. The van der Waals surface area contributed by atoms with Gasteiger partial charge < -0.3 is 25.0 Å². The molecule has 3 N–H and O–H groups in total. The van der Waals surface area contributed by atoms with Crippen LogP contribution in [0.15, 0.2) is 0 Å². The molecule has 1 fully saturated rings. The molecule has 0 spiro atoms. The Kier molecular flexibility index (Phi) is 5.99. The molecule has 0 saturated carbocycles. The van der Waals surface area contributed by atoms with Gasteiger partial charge in [-0.3, -0.25) is 4.79 Å². The predicted molar refractivity (Wildman–Crippen MR) is 105 cm³/mol. The molecule has 3 heterocycles. The molecule has 1 saturated heterocycles. The van der Waals surface area contributed by atoms with E-state index in [-0.39, 0.29) is 22.9 Å². The summed E-state index contributed by atoms with van der Waals surface area (Å²) in [7, 11) is 1.61. The molecule has 2 unspecified atom stereocenters. The Morgan fingerprint density at radius 1 is 1.36 bits per heavy atom. The van der Waals surface area contributed by atoms with Gasteiger partial charge in [0.15, 0.2) is 11.0 Å². The number of piperidine rings is 1. The van der Waals surface area contributed by atoms with Crippen molar-refractivity contribution in [3.63, 3.8) is 0 Å². The first-order chi connectivity index (χ1) is 13.3. The summed E-state index contributed by atoms with van der Waals surface area (Å²) in [5, 5.41) is 12.9. The van der Waals surface area contributed by atoms with Crippen LogP contribution in [0.4, 0.5) is 5.13 Å². The molecule has 0 aromatic carbocycles. The number of carboxylic acids is 1. The van der Waals surface area contributed by atoms with Crippen LogP contribution in [-0.4, -0.2) is 64.3 Å². The molecule has 1 aliphatic rings. The second-order valence-electron chi connectivity index (χ2n) is 6.81. The number of aryl methyl sites for hydroxylation is 3. The molecule has 0 radical (unpaired) electrons. The normalized spacial score (nSPS) is 19.6. The molecule has 2 atom stereocenters. The third-order valence-corrected chi connectivity index (χ3v) is 6.19. The molecule has 1 aliphatic heterocycles. The van der Waals surface area contributed by atoms with E-state index in [0.29, 0.717) is 36.2 Å². The number of anilines is 1. The Balaban J connectivity index is 1.68. The van der Waals surface area contributed by atoms with Crippen molar-refractivity contribution in [2.24, 2.45) is 0 Å². The van der Waals surface area contributed by atoms with Crippen molar-refractivity contribution in [1.29, 1.82) is 0 Å². The number of rotatable bonds is 6. The van der Waals surface area contributed by atoms with Crippen LogP contribution in [0, 0.1) is 13.8 Å². The summed E-state index contributed by atoms with van der Waals surface area (Å²) in [5.74, 6) is -0.901. The number of amides is 1. The number of aromatic amines is 1. The molecule has 9 nitrogen and oxygen atoms in total. The van der Waals surface area contributed by atoms with E-state index in [1.165, 1.54) is 0 Å². The van der Waals surface area contributed by atoms with E-state index >= 15 is 0 Å². The summed E-state index contributed by atoms with van der Waals surface area (Å²) in [4.78, 5) is 37.9. The SMILES string of the molecule is CCc1[nH]c(C(=O)NC2CCN(c3nc(C)c(C(=O)O)s3)CC2OC)nc1C. The van der Waals surface area contributed by atoms with Crippen LogP contribution in [0.5, 0.6) is 0 Å². The zero-order chi connectivity index (χ0) is 20.4. The van der Waals surface area contributed by atoms with Gasteiger partial charge in [0.2, 0.25) is 0 Å². The highest BCUT2D eigenvalue weighted by Gasteiger charge is 2.33. The lowest BCUT2D eigenvalue weighted by Crippen LogP contribution is -2.55. The number of nitrogens with zero attached hydrogens (tertiary/aromatic N) is 3. The zero-order valence-electron chi connectivity index (χ0n) is 16.4. The summed E-state index contributed by atoms with van der Waals surface area (Å²) in [6.07, 6.45) is 1.21. The average Bonchev–Trinajstić information content (AvgIpc) is 3.24. The number of thiazole rings is 1. The summed E-state index contributed by atoms with van der Waals surface area (Å²) < 4.78 is 5.60. The molecular weight excluding hydrogens is 382 g/mol. The van der Waals surface area contributed by atoms with Gasteiger partial charge in [-0.15, -0.1) is 0 Å². The molecular formula is C18H25N5O4S. The Morgan fingerprint density at radius 3 is 2.68 bits per heavy atom. The maximum absolute atomic E-state index is 12.6. The molecule has 10 heteroatoms. The minimum Gasteiger partial charge on any atom is -0.477 e. The lowest BCUT2D eigenvalue weighted by atomic mass is 10.0. The largest absolute Gasteiger partial charge is 0.477 e. The van der Waals surface area contributed by atoms with Crippen molar-refractivity contribution in [3.8, 4) is 0 Å².